The van der Waals surface area contributed by atoms with Crippen molar-refractivity contribution in [3.8, 4) is 16.9 Å². The van der Waals surface area contributed by atoms with E-state index in [2.05, 4.69) is 9.87 Å². The van der Waals surface area contributed by atoms with Crippen LogP contribution in [0.2, 0.25) is 0 Å². The number of hydrogen-bond acceptors (Lipinski definition) is 3. The zero-order chi connectivity index (χ0) is 9.97. The van der Waals surface area contributed by atoms with Gasteiger partial charge in [0.25, 0.3) is 0 Å². The van der Waals surface area contributed by atoms with Crippen molar-refractivity contribution in [2.45, 2.75) is 6.61 Å². The van der Waals surface area contributed by atoms with Crippen LogP contribution in [-0.4, -0.2) is 17.2 Å². The van der Waals surface area contributed by atoms with Gasteiger partial charge in [-0.15, -0.1) is 0 Å². The van der Waals surface area contributed by atoms with Gasteiger partial charge in [-0.3, -0.25) is 0 Å². The van der Waals surface area contributed by atoms with Crippen LogP contribution in [0.5, 0.6) is 5.75 Å². The first kappa shape index (κ1) is 9.05. The molecule has 0 aromatic heterocycles. The molecule has 1 aliphatic carbocycles. The standard InChI is InChI=1S/C10H11NO3/c1-13-14-6-8-4-7-5-11-3-2-9(7)10(8)12/h2-5,11-12H,6H2,1H3. The number of nitrogens with one attached hydrogen (secondary N) is 1. The maximum atomic E-state index is 9.77. The molecule has 2 rings (SSSR count). The third-order valence-corrected chi connectivity index (χ3v) is 2.12. The largest absolute Gasteiger partial charge is 0.507 e. The smallest absolute Gasteiger partial charge is 0.129 e. The number of aromatic nitrogens is 1. The average Bonchev–Trinajstić information content (AvgIpc) is 2.54. The van der Waals surface area contributed by atoms with E-state index in [4.69, 9.17) is 4.89 Å². The fraction of sp³-hybridized carbons (Fsp3) is 0.200. The molecule has 0 aromatic carbocycles. The highest BCUT2D eigenvalue weighted by molar-refractivity contribution is 5.75. The summed E-state index contributed by atoms with van der Waals surface area (Å²) < 4.78 is 0. The summed E-state index contributed by atoms with van der Waals surface area (Å²) >= 11 is 0. The van der Waals surface area contributed by atoms with E-state index in [1.54, 1.807) is 6.20 Å². The van der Waals surface area contributed by atoms with Crippen molar-refractivity contribution in [3.63, 3.8) is 0 Å². The van der Waals surface area contributed by atoms with Gasteiger partial charge < -0.3 is 10.1 Å². The number of pyridine rings is 1. The van der Waals surface area contributed by atoms with Gasteiger partial charge >= 0.3 is 0 Å². The number of rotatable bonds is 3. The first-order chi connectivity index (χ1) is 6.83. The molecule has 0 saturated carbocycles. The third kappa shape index (κ3) is 1.45. The zero-order valence-electron chi connectivity index (χ0n) is 7.78. The molecule has 1 aliphatic heterocycles. The van der Waals surface area contributed by atoms with E-state index in [0.717, 1.165) is 16.7 Å². The Morgan fingerprint density at radius 3 is 3.07 bits per heavy atom. The topological polar surface area (TPSA) is 54.5 Å². The van der Waals surface area contributed by atoms with E-state index >= 15 is 0 Å². The van der Waals surface area contributed by atoms with Crippen molar-refractivity contribution < 1.29 is 14.9 Å². The Labute approximate surface area is 81.4 Å². The summed E-state index contributed by atoms with van der Waals surface area (Å²) in [5.74, 6) is 0.256. The van der Waals surface area contributed by atoms with Gasteiger partial charge in [0.05, 0.1) is 7.11 Å². The number of H-pyrrole nitrogens is 1. The maximum absolute atomic E-state index is 9.77. The van der Waals surface area contributed by atoms with Crippen LogP contribution in [0.15, 0.2) is 24.5 Å². The second kappa shape index (κ2) is 3.69. The van der Waals surface area contributed by atoms with Gasteiger partial charge in [0, 0.05) is 29.1 Å². The lowest BCUT2D eigenvalue weighted by molar-refractivity contribution is -0.282. The third-order valence-electron chi connectivity index (χ3n) is 2.12. The quantitative estimate of drug-likeness (QED) is 0.578. The molecule has 4 nitrogen and oxygen atoms in total. The molecule has 0 saturated heterocycles. The predicted octanol–water partition coefficient (Wildman–Crippen LogP) is 1.90. The normalized spacial score (nSPS) is 10.9. The second-order valence-electron chi connectivity index (χ2n) is 2.96. The zero-order valence-corrected chi connectivity index (χ0v) is 7.78. The van der Waals surface area contributed by atoms with Crippen LogP contribution in [0, 0.1) is 0 Å². The molecule has 2 N–H and O–H groups in total. The number of fused-ring (bicyclic) bond motifs is 1. The summed E-state index contributed by atoms with van der Waals surface area (Å²) in [6, 6.07) is 3.68. The summed E-state index contributed by atoms with van der Waals surface area (Å²) in [4.78, 5) is 12.2. The SMILES string of the molecule is COOCc1cc2c[nH]ccc-2c1O. The summed E-state index contributed by atoms with van der Waals surface area (Å²) in [5.41, 5.74) is 2.50. The van der Waals surface area contributed by atoms with Crippen LogP contribution in [0.3, 0.4) is 0 Å². The highest BCUT2D eigenvalue weighted by atomic mass is 17.2. The van der Waals surface area contributed by atoms with Gasteiger partial charge in [0.15, 0.2) is 0 Å². The van der Waals surface area contributed by atoms with E-state index in [1.165, 1.54) is 7.11 Å². The van der Waals surface area contributed by atoms with Gasteiger partial charge in [-0.25, -0.2) is 9.78 Å². The first-order valence-corrected chi connectivity index (χ1v) is 4.26. The molecule has 0 radical (unpaired) electrons. The van der Waals surface area contributed by atoms with Crippen molar-refractivity contribution >= 4 is 0 Å². The summed E-state index contributed by atoms with van der Waals surface area (Å²) in [7, 11) is 1.44. The summed E-state index contributed by atoms with van der Waals surface area (Å²) in [5, 5.41) is 9.77. The van der Waals surface area contributed by atoms with Crippen LogP contribution in [0.25, 0.3) is 11.1 Å². The molecule has 0 aromatic rings. The van der Waals surface area contributed by atoms with Crippen molar-refractivity contribution in [1.82, 2.24) is 4.98 Å². The molecular weight excluding hydrogens is 182 g/mol. The number of aromatic amines is 1. The Kier molecular flexibility index (Phi) is 2.39. The Balaban J connectivity index is 2.37. The molecule has 2 aliphatic rings. The molecular formula is C10H11NO3. The van der Waals surface area contributed by atoms with Gasteiger partial charge in [-0.1, -0.05) is 0 Å². The fourth-order valence-corrected chi connectivity index (χ4v) is 1.44. The van der Waals surface area contributed by atoms with Crippen LogP contribution in [0.1, 0.15) is 5.56 Å². The van der Waals surface area contributed by atoms with Crippen LogP contribution >= 0.6 is 0 Å². The lowest BCUT2D eigenvalue weighted by Gasteiger charge is -1.99. The highest BCUT2D eigenvalue weighted by Crippen LogP contribution is 2.36. The van der Waals surface area contributed by atoms with E-state index < -0.39 is 0 Å². The minimum Gasteiger partial charge on any atom is -0.507 e. The number of aromatic hydroxyl groups is 1. The van der Waals surface area contributed by atoms with Crippen molar-refractivity contribution in [2.24, 2.45) is 0 Å². The van der Waals surface area contributed by atoms with Crippen molar-refractivity contribution in [1.29, 1.82) is 0 Å². The number of hydrogen-bond donors (Lipinski definition) is 2. The minimum atomic E-state index is 0.247. The van der Waals surface area contributed by atoms with E-state index in [1.807, 2.05) is 18.3 Å². The second-order valence-corrected chi connectivity index (χ2v) is 2.96. The van der Waals surface area contributed by atoms with E-state index in [0.29, 0.717) is 0 Å². The molecule has 0 amide bonds. The maximum Gasteiger partial charge on any atom is 0.129 e. The molecule has 14 heavy (non-hydrogen) atoms. The average molecular weight is 193 g/mol. The molecule has 0 fully saturated rings. The van der Waals surface area contributed by atoms with Crippen LogP contribution in [0.4, 0.5) is 0 Å². The predicted molar refractivity (Wildman–Crippen MR) is 50.9 cm³/mol. The highest BCUT2D eigenvalue weighted by Gasteiger charge is 2.14. The molecule has 0 unspecified atom stereocenters. The summed E-state index contributed by atoms with van der Waals surface area (Å²) in [6.45, 7) is 0.247. The first-order valence-electron chi connectivity index (χ1n) is 4.26. The van der Waals surface area contributed by atoms with Crippen molar-refractivity contribution in [3.05, 3.63) is 30.1 Å². The Morgan fingerprint density at radius 2 is 2.36 bits per heavy atom. The van der Waals surface area contributed by atoms with Gasteiger partial charge in [0.2, 0.25) is 0 Å². The van der Waals surface area contributed by atoms with Gasteiger partial charge in [-0.2, -0.15) is 0 Å². The molecule has 4 heteroatoms. The van der Waals surface area contributed by atoms with Crippen molar-refractivity contribution in [2.75, 3.05) is 7.11 Å². The monoisotopic (exact) mass is 193 g/mol. The Morgan fingerprint density at radius 1 is 1.50 bits per heavy atom. The van der Waals surface area contributed by atoms with Crippen LogP contribution in [-0.2, 0) is 16.4 Å². The Hall–Kier alpha value is -1.52. The Bertz CT molecular complexity index is 397. The van der Waals surface area contributed by atoms with E-state index in [9.17, 15) is 5.11 Å². The molecule has 0 bridgehead atoms. The fourth-order valence-electron chi connectivity index (χ4n) is 1.44. The molecule has 1 heterocycles. The van der Waals surface area contributed by atoms with Gasteiger partial charge in [0.1, 0.15) is 12.4 Å². The van der Waals surface area contributed by atoms with Gasteiger partial charge in [-0.05, 0) is 12.1 Å². The molecule has 0 spiro atoms. The lowest BCUT2D eigenvalue weighted by atomic mass is 10.2. The molecule has 74 valence electrons. The summed E-state index contributed by atoms with van der Waals surface area (Å²) in [6.07, 6.45) is 3.59. The lowest BCUT2D eigenvalue weighted by Crippen LogP contribution is -1.88. The molecule has 0 atom stereocenters. The van der Waals surface area contributed by atoms with E-state index in [-0.39, 0.29) is 12.4 Å². The minimum absolute atomic E-state index is 0.247. The van der Waals surface area contributed by atoms with Crippen LogP contribution < -0.4 is 0 Å².